The van der Waals surface area contributed by atoms with Crippen LogP contribution in [0.2, 0.25) is 0 Å². The van der Waals surface area contributed by atoms with Crippen LogP contribution in [0.3, 0.4) is 0 Å². The Morgan fingerprint density at radius 2 is 2.11 bits per heavy atom. The molecule has 1 aromatic heterocycles. The van der Waals surface area contributed by atoms with Crippen molar-refractivity contribution in [1.82, 2.24) is 15.5 Å². The molecule has 2 N–H and O–H groups in total. The largest absolute Gasteiger partial charge is 0.383 e. The number of methoxy groups -OCH3 is 1. The molecule has 5 heteroatoms. The van der Waals surface area contributed by atoms with Gasteiger partial charge in [0.05, 0.1) is 12.3 Å². The number of nitrogens with zero attached hydrogens (tertiary/aromatic N) is 1. The zero-order valence-corrected chi connectivity index (χ0v) is 11.1. The number of carbonyl (C=O) groups excluding carboxylic acids is 1. The molecule has 1 heterocycles. The van der Waals surface area contributed by atoms with Gasteiger partial charge in [-0.3, -0.25) is 9.89 Å². The van der Waals surface area contributed by atoms with Crippen LogP contribution < -0.4 is 5.32 Å². The first kappa shape index (κ1) is 13.3. The van der Waals surface area contributed by atoms with Gasteiger partial charge in [0.1, 0.15) is 5.69 Å². The predicted octanol–water partition coefficient (Wildman–Crippen LogP) is 1.76. The van der Waals surface area contributed by atoms with Crippen LogP contribution in [0.5, 0.6) is 0 Å². The highest BCUT2D eigenvalue weighted by Gasteiger charge is 2.10. The van der Waals surface area contributed by atoms with Gasteiger partial charge in [0.2, 0.25) is 0 Å². The fourth-order valence-electron chi connectivity index (χ4n) is 1.67. The van der Waals surface area contributed by atoms with Gasteiger partial charge in [-0.2, -0.15) is 5.10 Å². The van der Waals surface area contributed by atoms with Gasteiger partial charge in [-0.1, -0.05) is 29.8 Å². The maximum atomic E-state index is 11.8. The summed E-state index contributed by atoms with van der Waals surface area (Å²) in [6.45, 7) is 3.00. The second-order valence-electron chi connectivity index (χ2n) is 4.28. The number of amides is 1. The minimum atomic E-state index is -0.178. The first-order valence-electron chi connectivity index (χ1n) is 6.10. The third-order valence-electron chi connectivity index (χ3n) is 2.76. The van der Waals surface area contributed by atoms with Crippen LogP contribution in [0.15, 0.2) is 30.3 Å². The Labute approximate surface area is 112 Å². The van der Waals surface area contributed by atoms with Crippen LogP contribution in [-0.4, -0.2) is 36.4 Å². The van der Waals surface area contributed by atoms with Crippen LogP contribution in [-0.2, 0) is 4.74 Å². The summed E-state index contributed by atoms with van der Waals surface area (Å²) in [5.74, 6) is -0.178. The molecule has 0 atom stereocenters. The molecular formula is C14H17N3O2. The Balaban J connectivity index is 2.06. The van der Waals surface area contributed by atoms with Crippen molar-refractivity contribution in [1.29, 1.82) is 0 Å². The molecule has 1 amide bonds. The molecule has 0 spiro atoms. The van der Waals surface area contributed by atoms with Crippen LogP contribution in [0.25, 0.3) is 11.3 Å². The number of aromatic nitrogens is 2. The Bertz CT molecular complexity index is 546. The third kappa shape index (κ3) is 3.42. The van der Waals surface area contributed by atoms with Crippen molar-refractivity contribution in [3.63, 3.8) is 0 Å². The van der Waals surface area contributed by atoms with Gasteiger partial charge in [0.15, 0.2) is 0 Å². The number of hydrogen-bond acceptors (Lipinski definition) is 3. The quantitative estimate of drug-likeness (QED) is 0.804. The smallest absolute Gasteiger partial charge is 0.269 e. The number of H-pyrrole nitrogens is 1. The molecule has 0 aliphatic carbocycles. The Morgan fingerprint density at radius 3 is 2.79 bits per heavy atom. The van der Waals surface area contributed by atoms with E-state index in [0.717, 1.165) is 11.3 Å². The van der Waals surface area contributed by atoms with Crippen molar-refractivity contribution in [2.24, 2.45) is 0 Å². The molecule has 0 saturated heterocycles. The maximum absolute atomic E-state index is 11.8. The number of ether oxygens (including phenoxy) is 1. The van der Waals surface area contributed by atoms with E-state index in [1.54, 1.807) is 13.2 Å². The number of aromatic amines is 1. The van der Waals surface area contributed by atoms with E-state index in [1.165, 1.54) is 5.56 Å². The van der Waals surface area contributed by atoms with Crippen molar-refractivity contribution < 1.29 is 9.53 Å². The number of rotatable bonds is 5. The first-order valence-corrected chi connectivity index (χ1v) is 6.10. The van der Waals surface area contributed by atoms with Crippen LogP contribution in [0.1, 0.15) is 16.1 Å². The van der Waals surface area contributed by atoms with Crippen LogP contribution in [0.4, 0.5) is 0 Å². The lowest BCUT2D eigenvalue weighted by Gasteiger charge is -2.01. The predicted molar refractivity (Wildman–Crippen MR) is 73.0 cm³/mol. The standard InChI is InChI=1S/C14H17N3O2/c1-10-3-5-11(6-4-10)12-9-13(17-16-12)14(18)15-7-8-19-2/h3-6,9H,7-8H2,1-2H3,(H,15,18)(H,16,17). The summed E-state index contributed by atoms with van der Waals surface area (Å²) in [7, 11) is 1.60. The van der Waals surface area contributed by atoms with Crippen molar-refractivity contribution in [3.8, 4) is 11.3 Å². The number of aryl methyl sites for hydroxylation is 1. The number of hydrogen-bond donors (Lipinski definition) is 2. The summed E-state index contributed by atoms with van der Waals surface area (Å²) in [4.78, 5) is 11.8. The number of nitrogens with one attached hydrogen (secondary N) is 2. The summed E-state index contributed by atoms with van der Waals surface area (Å²) in [6.07, 6.45) is 0. The zero-order chi connectivity index (χ0) is 13.7. The molecule has 2 aromatic rings. The van der Waals surface area contributed by atoms with E-state index >= 15 is 0 Å². The lowest BCUT2D eigenvalue weighted by atomic mass is 10.1. The van der Waals surface area contributed by atoms with Crippen molar-refractivity contribution in [2.75, 3.05) is 20.3 Å². The zero-order valence-electron chi connectivity index (χ0n) is 11.1. The Kier molecular flexibility index (Phi) is 4.30. The van der Waals surface area contributed by atoms with E-state index in [0.29, 0.717) is 18.8 Å². The highest BCUT2D eigenvalue weighted by molar-refractivity contribution is 5.93. The van der Waals surface area contributed by atoms with E-state index in [2.05, 4.69) is 15.5 Å². The van der Waals surface area contributed by atoms with Gasteiger partial charge in [0, 0.05) is 19.2 Å². The van der Waals surface area contributed by atoms with Gasteiger partial charge < -0.3 is 10.1 Å². The second-order valence-corrected chi connectivity index (χ2v) is 4.28. The monoisotopic (exact) mass is 259 g/mol. The third-order valence-corrected chi connectivity index (χ3v) is 2.76. The average Bonchev–Trinajstić information content (AvgIpc) is 2.89. The van der Waals surface area contributed by atoms with Crippen molar-refractivity contribution >= 4 is 5.91 Å². The molecule has 0 saturated carbocycles. The van der Waals surface area contributed by atoms with E-state index in [9.17, 15) is 4.79 Å². The molecule has 2 rings (SSSR count). The minimum Gasteiger partial charge on any atom is -0.383 e. The van der Waals surface area contributed by atoms with Gasteiger partial charge in [0.25, 0.3) is 5.91 Å². The summed E-state index contributed by atoms with van der Waals surface area (Å²) >= 11 is 0. The summed E-state index contributed by atoms with van der Waals surface area (Å²) in [6, 6.07) is 9.74. The Morgan fingerprint density at radius 1 is 1.37 bits per heavy atom. The highest BCUT2D eigenvalue weighted by atomic mass is 16.5. The van der Waals surface area contributed by atoms with Crippen LogP contribution >= 0.6 is 0 Å². The molecule has 0 aliphatic rings. The van der Waals surface area contributed by atoms with E-state index in [1.807, 2.05) is 31.2 Å². The highest BCUT2D eigenvalue weighted by Crippen LogP contribution is 2.17. The number of carbonyl (C=O) groups is 1. The van der Waals surface area contributed by atoms with E-state index in [-0.39, 0.29) is 5.91 Å². The van der Waals surface area contributed by atoms with Gasteiger partial charge in [-0.15, -0.1) is 0 Å². The molecular weight excluding hydrogens is 242 g/mol. The fraction of sp³-hybridized carbons (Fsp3) is 0.286. The first-order chi connectivity index (χ1) is 9.20. The lowest BCUT2D eigenvalue weighted by molar-refractivity contribution is 0.0932. The SMILES string of the molecule is COCCNC(=O)c1cc(-c2ccc(C)cc2)n[nH]1. The molecule has 0 unspecified atom stereocenters. The lowest BCUT2D eigenvalue weighted by Crippen LogP contribution is -2.27. The fourth-order valence-corrected chi connectivity index (χ4v) is 1.67. The van der Waals surface area contributed by atoms with E-state index in [4.69, 9.17) is 4.74 Å². The molecule has 5 nitrogen and oxygen atoms in total. The summed E-state index contributed by atoms with van der Waals surface area (Å²) in [5, 5.41) is 9.63. The van der Waals surface area contributed by atoms with E-state index < -0.39 is 0 Å². The molecule has 0 radical (unpaired) electrons. The molecule has 0 fully saturated rings. The van der Waals surface area contributed by atoms with Crippen molar-refractivity contribution in [3.05, 3.63) is 41.6 Å². The van der Waals surface area contributed by atoms with Gasteiger partial charge in [-0.25, -0.2) is 0 Å². The van der Waals surface area contributed by atoms with Crippen LogP contribution in [0, 0.1) is 6.92 Å². The molecule has 0 bridgehead atoms. The van der Waals surface area contributed by atoms with Gasteiger partial charge >= 0.3 is 0 Å². The molecule has 19 heavy (non-hydrogen) atoms. The molecule has 100 valence electrons. The minimum absolute atomic E-state index is 0.178. The normalized spacial score (nSPS) is 10.4. The summed E-state index contributed by atoms with van der Waals surface area (Å²) in [5.41, 5.74) is 3.39. The number of benzene rings is 1. The maximum Gasteiger partial charge on any atom is 0.269 e. The average molecular weight is 259 g/mol. The molecule has 0 aliphatic heterocycles. The topological polar surface area (TPSA) is 67.0 Å². The Hall–Kier alpha value is -2.14. The second kappa shape index (κ2) is 6.15. The summed E-state index contributed by atoms with van der Waals surface area (Å²) < 4.78 is 4.87. The molecule has 1 aromatic carbocycles. The van der Waals surface area contributed by atoms with Crippen molar-refractivity contribution in [2.45, 2.75) is 6.92 Å². The van der Waals surface area contributed by atoms with Gasteiger partial charge in [-0.05, 0) is 13.0 Å².